The van der Waals surface area contributed by atoms with Crippen LogP contribution in [-0.2, 0) is 10.8 Å². The summed E-state index contributed by atoms with van der Waals surface area (Å²) >= 11 is 0. The molecular weight excluding hydrogens is 266 g/mol. The van der Waals surface area contributed by atoms with E-state index in [9.17, 15) is 4.21 Å². The van der Waals surface area contributed by atoms with Crippen molar-refractivity contribution in [3.8, 4) is 0 Å². The molecule has 0 amide bonds. The van der Waals surface area contributed by atoms with Crippen molar-refractivity contribution < 1.29 is 4.21 Å². The maximum atomic E-state index is 12.7. The Balaban J connectivity index is 2.70. The van der Waals surface area contributed by atoms with Gasteiger partial charge >= 0.3 is 0 Å². The van der Waals surface area contributed by atoms with E-state index < -0.39 is 10.8 Å². The first-order valence-electron chi connectivity index (χ1n) is 8.36. The molecule has 1 N–H and O–H groups in total. The van der Waals surface area contributed by atoms with Gasteiger partial charge in [-0.1, -0.05) is 41.5 Å². The largest absolute Gasteiger partial charge is 0.313 e. The summed E-state index contributed by atoms with van der Waals surface area (Å²) in [5.41, 5.74) is 0.345. The van der Waals surface area contributed by atoms with Crippen LogP contribution in [0.25, 0.3) is 0 Å². The Morgan fingerprint density at radius 2 is 1.90 bits per heavy atom. The van der Waals surface area contributed by atoms with Crippen molar-refractivity contribution in [2.45, 2.75) is 78.5 Å². The third-order valence-corrected chi connectivity index (χ3v) is 6.55. The first-order chi connectivity index (χ1) is 9.25. The van der Waals surface area contributed by atoms with Gasteiger partial charge in [0.05, 0.1) is 5.25 Å². The van der Waals surface area contributed by atoms with Crippen LogP contribution in [0.4, 0.5) is 0 Å². The predicted molar refractivity (Wildman–Crippen MR) is 90.5 cm³/mol. The standard InChI is InChI=1S/C17H35NOS/c1-7-18-15-9-8-14(17(4,5)6)12-16(15)20(19)11-10-13(2)3/h13-16,18H,7-12H2,1-6H3. The molecule has 3 heteroatoms. The summed E-state index contributed by atoms with van der Waals surface area (Å²) in [5.74, 6) is 2.24. The number of nitrogens with one attached hydrogen (secondary N) is 1. The molecule has 2 nitrogen and oxygen atoms in total. The minimum Gasteiger partial charge on any atom is -0.313 e. The molecule has 0 saturated heterocycles. The van der Waals surface area contributed by atoms with Gasteiger partial charge in [0.1, 0.15) is 0 Å². The van der Waals surface area contributed by atoms with E-state index in [0.717, 1.165) is 25.1 Å². The SMILES string of the molecule is CCNC1CCC(C(C)(C)C)CC1S(=O)CCC(C)C. The van der Waals surface area contributed by atoms with Crippen LogP contribution in [0, 0.1) is 17.3 Å². The summed E-state index contributed by atoms with van der Waals surface area (Å²) in [7, 11) is -0.677. The van der Waals surface area contributed by atoms with Crippen molar-refractivity contribution in [3.05, 3.63) is 0 Å². The van der Waals surface area contributed by atoms with Gasteiger partial charge in [-0.25, -0.2) is 0 Å². The second-order valence-electron chi connectivity index (χ2n) is 7.85. The molecule has 0 aromatic heterocycles. The molecule has 0 radical (unpaired) electrons. The zero-order valence-electron chi connectivity index (χ0n) is 14.4. The predicted octanol–water partition coefficient (Wildman–Crippen LogP) is 3.97. The molecule has 1 saturated carbocycles. The number of rotatable bonds is 6. The summed E-state index contributed by atoms with van der Waals surface area (Å²) < 4.78 is 12.7. The lowest BCUT2D eigenvalue weighted by Gasteiger charge is -2.41. The average Bonchev–Trinajstić information content (AvgIpc) is 2.35. The third-order valence-electron chi connectivity index (χ3n) is 4.72. The average molecular weight is 302 g/mol. The molecule has 0 aliphatic heterocycles. The second kappa shape index (κ2) is 7.93. The highest BCUT2D eigenvalue weighted by Crippen LogP contribution is 2.39. The van der Waals surface area contributed by atoms with Crippen molar-refractivity contribution >= 4 is 10.8 Å². The second-order valence-corrected chi connectivity index (χ2v) is 9.62. The lowest BCUT2D eigenvalue weighted by atomic mass is 9.71. The Kier molecular flexibility index (Phi) is 7.20. The first kappa shape index (κ1) is 18.2. The monoisotopic (exact) mass is 301 g/mol. The normalized spacial score (nSPS) is 29.6. The molecule has 0 heterocycles. The highest BCUT2D eigenvalue weighted by atomic mass is 32.2. The van der Waals surface area contributed by atoms with Gasteiger partial charge in [-0.2, -0.15) is 0 Å². The van der Waals surface area contributed by atoms with E-state index in [0.29, 0.717) is 28.5 Å². The lowest BCUT2D eigenvalue weighted by Crippen LogP contribution is -2.48. The minimum atomic E-state index is -0.677. The van der Waals surface area contributed by atoms with Crippen molar-refractivity contribution in [2.75, 3.05) is 12.3 Å². The molecule has 0 aromatic rings. The molecule has 120 valence electrons. The van der Waals surface area contributed by atoms with Gasteiger partial charge in [-0.05, 0) is 49.5 Å². The van der Waals surface area contributed by atoms with E-state index in [2.05, 4.69) is 46.9 Å². The van der Waals surface area contributed by atoms with E-state index in [4.69, 9.17) is 0 Å². The summed E-state index contributed by atoms with van der Waals surface area (Å²) in [6.45, 7) is 14.6. The van der Waals surface area contributed by atoms with Crippen LogP contribution in [0.5, 0.6) is 0 Å². The molecular formula is C17H35NOS. The van der Waals surface area contributed by atoms with Crippen LogP contribution >= 0.6 is 0 Å². The maximum Gasteiger partial charge on any atom is 0.0504 e. The molecule has 0 bridgehead atoms. The molecule has 20 heavy (non-hydrogen) atoms. The number of hydrogen-bond acceptors (Lipinski definition) is 2. The zero-order valence-corrected chi connectivity index (χ0v) is 15.2. The first-order valence-corrected chi connectivity index (χ1v) is 9.74. The fourth-order valence-corrected chi connectivity index (χ4v) is 5.26. The Hall–Kier alpha value is 0.110. The van der Waals surface area contributed by atoms with Crippen LogP contribution in [0.15, 0.2) is 0 Å². The minimum absolute atomic E-state index is 0.345. The van der Waals surface area contributed by atoms with Gasteiger partial charge in [0, 0.05) is 22.6 Å². The fraction of sp³-hybridized carbons (Fsp3) is 1.00. The number of hydrogen-bond donors (Lipinski definition) is 1. The zero-order chi connectivity index (χ0) is 15.3. The van der Waals surface area contributed by atoms with Crippen molar-refractivity contribution in [1.82, 2.24) is 5.32 Å². The van der Waals surface area contributed by atoms with Crippen molar-refractivity contribution in [3.63, 3.8) is 0 Å². The molecule has 1 aliphatic rings. The van der Waals surface area contributed by atoms with E-state index in [1.807, 2.05) is 0 Å². The quantitative estimate of drug-likeness (QED) is 0.804. The Morgan fingerprint density at radius 3 is 2.40 bits per heavy atom. The molecule has 4 atom stereocenters. The van der Waals surface area contributed by atoms with Gasteiger partial charge < -0.3 is 5.32 Å². The van der Waals surface area contributed by atoms with Gasteiger partial charge in [0.15, 0.2) is 0 Å². The Labute approximate surface area is 128 Å². The Bertz CT molecular complexity index is 309. The smallest absolute Gasteiger partial charge is 0.0504 e. The molecule has 4 unspecified atom stereocenters. The topological polar surface area (TPSA) is 29.1 Å². The molecule has 1 fully saturated rings. The summed E-state index contributed by atoms with van der Waals surface area (Å²) in [6.07, 6.45) is 4.68. The lowest BCUT2D eigenvalue weighted by molar-refractivity contribution is 0.164. The highest BCUT2D eigenvalue weighted by molar-refractivity contribution is 7.85. The van der Waals surface area contributed by atoms with Crippen LogP contribution in [0.3, 0.4) is 0 Å². The van der Waals surface area contributed by atoms with E-state index in [1.165, 1.54) is 12.8 Å². The summed E-state index contributed by atoms with van der Waals surface area (Å²) in [5, 5.41) is 3.94. The molecule has 1 rings (SSSR count). The summed E-state index contributed by atoms with van der Waals surface area (Å²) in [6, 6.07) is 0.464. The maximum absolute atomic E-state index is 12.7. The van der Waals surface area contributed by atoms with Gasteiger partial charge in [-0.3, -0.25) is 4.21 Å². The third kappa shape index (κ3) is 5.48. The van der Waals surface area contributed by atoms with Gasteiger partial charge in [0.25, 0.3) is 0 Å². The Morgan fingerprint density at radius 1 is 1.25 bits per heavy atom. The van der Waals surface area contributed by atoms with Crippen molar-refractivity contribution in [2.24, 2.45) is 17.3 Å². The fourth-order valence-electron chi connectivity index (χ4n) is 3.21. The molecule has 0 aromatic carbocycles. The van der Waals surface area contributed by atoms with E-state index >= 15 is 0 Å². The van der Waals surface area contributed by atoms with E-state index in [1.54, 1.807) is 0 Å². The molecule has 0 spiro atoms. The van der Waals surface area contributed by atoms with Crippen LogP contribution in [-0.4, -0.2) is 27.8 Å². The van der Waals surface area contributed by atoms with E-state index in [-0.39, 0.29) is 0 Å². The van der Waals surface area contributed by atoms with Crippen LogP contribution in [0.1, 0.15) is 67.2 Å². The van der Waals surface area contributed by atoms with Crippen LogP contribution < -0.4 is 5.32 Å². The van der Waals surface area contributed by atoms with Crippen LogP contribution in [0.2, 0.25) is 0 Å². The summed E-state index contributed by atoms with van der Waals surface area (Å²) in [4.78, 5) is 0. The van der Waals surface area contributed by atoms with Crippen molar-refractivity contribution in [1.29, 1.82) is 0 Å². The molecule has 1 aliphatic carbocycles. The highest BCUT2D eigenvalue weighted by Gasteiger charge is 2.38. The van der Waals surface area contributed by atoms with Gasteiger partial charge in [0.2, 0.25) is 0 Å². The van der Waals surface area contributed by atoms with Gasteiger partial charge in [-0.15, -0.1) is 0 Å².